The van der Waals surface area contributed by atoms with Gasteiger partial charge in [0.1, 0.15) is 12.7 Å². The van der Waals surface area contributed by atoms with Crippen LogP contribution in [-0.2, 0) is 42.2 Å². The molecule has 76 heavy (non-hydrogen) atoms. The smallest absolute Gasteiger partial charge is 0.462 e. The highest BCUT2D eigenvalue weighted by Crippen LogP contribution is 2.43. The fourth-order valence-corrected chi connectivity index (χ4v) is 8.73. The number of phosphoric acid groups is 1. The van der Waals surface area contributed by atoms with Crippen molar-refractivity contribution in [2.45, 2.75) is 264 Å². The van der Waals surface area contributed by atoms with Crippen molar-refractivity contribution in [3.63, 3.8) is 0 Å². The lowest BCUT2D eigenvalue weighted by atomic mass is 10.0. The average molecular weight is 1090 g/mol. The summed E-state index contributed by atoms with van der Waals surface area (Å²) in [5.74, 6) is -1.58. The van der Waals surface area contributed by atoms with Crippen LogP contribution in [0.3, 0.4) is 0 Å². The van der Waals surface area contributed by atoms with E-state index in [2.05, 4.69) is 106 Å². The highest BCUT2D eigenvalue weighted by atomic mass is 31.2. The molecule has 0 rings (SSSR count). The Kier molecular flexibility index (Phi) is 54.8. The molecule has 3 atom stereocenters. The van der Waals surface area contributed by atoms with E-state index in [0.29, 0.717) is 25.7 Å². The van der Waals surface area contributed by atoms with Crippen LogP contribution in [0.15, 0.2) is 97.2 Å². The number of ether oxygens (including phenoxy) is 3. The number of hydrogen-bond donors (Lipinski definition) is 2. The quantitative estimate of drug-likeness (QED) is 0.0197. The van der Waals surface area contributed by atoms with Gasteiger partial charge in [0.25, 0.3) is 0 Å². The summed E-state index contributed by atoms with van der Waals surface area (Å²) in [6, 6.07) is 0. The predicted molar refractivity (Wildman–Crippen MR) is 316 cm³/mol. The first-order chi connectivity index (χ1) is 37.2. The standard InChI is InChI=1S/C64H109O11P/c1-4-7-10-13-16-19-22-25-27-29-30-32-34-37-40-43-46-49-52-55-64(68)75-61(57-71-62(66)53-50-47-44-41-38-36-33-31-28-26-23-20-17-14-11-8-5-2)59-73-76(69,70)72-58-60(56-65)74-63(67)54-51-48-45-42-39-35-24-21-18-15-12-9-6-3/h7,10,12,15-16,19,21,24-25,27,30,32,37,40,46,49,60-61,65H,4-6,8-9,11,13-14,17-18,20,22-23,26,28-29,31,33-36,38-39,41-45,47-48,50-59H2,1-3H3,(H,69,70)/b10-7-,15-12-,19-16-,24-21-,27-25-,32-30-,40-37-,49-46-. The van der Waals surface area contributed by atoms with Crippen LogP contribution in [0.2, 0.25) is 0 Å². The maximum atomic E-state index is 12.9. The van der Waals surface area contributed by atoms with Crippen LogP contribution >= 0.6 is 7.82 Å². The van der Waals surface area contributed by atoms with E-state index in [-0.39, 0.29) is 25.9 Å². The molecule has 0 bridgehead atoms. The molecule has 3 unspecified atom stereocenters. The summed E-state index contributed by atoms with van der Waals surface area (Å²) in [5.41, 5.74) is 0. The van der Waals surface area contributed by atoms with Crippen molar-refractivity contribution < 1.29 is 52.2 Å². The summed E-state index contributed by atoms with van der Waals surface area (Å²) in [6.45, 7) is 4.38. The molecule has 0 aromatic carbocycles. The van der Waals surface area contributed by atoms with Crippen LogP contribution in [-0.4, -0.2) is 66.5 Å². The fraction of sp³-hybridized carbons (Fsp3) is 0.703. The van der Waals surface area contributed by atoms with Gasteiger partial charge in [0.15, 0.2) is 6.10 Å². The van der Waals surface area contributed by atoms with E-state index in [1.807, 2.05) is 12.2 Å². The van der Waals surface area contributed by atoms with E-state index < -0.39 is 57.8 Å². The molecule has 2 N–H and O–H groups in total. The third kappa shape index (κ3) is 55.2. The number of unbranched alkanes of at least 4 members (excludes halogenated alkanes) is 22. The van der Waals surface area contributed by atoms with Crippen molar-refractivity contribution in [3.05, 3.63) is 97.2 Å². The maximum absolute atomic E-state index is 12.9. The molecule has 0 radical (unpaired) electrons. The number of aliphatic hydroxyl groups is 1. The van der Waals surface area contributed by atoms with E-state index in [9.17, 15) is 28.9 Å². The third-order valence-corrected chi connectivity index (χ3v) is 13.4. The largest absolute Gasteiger partial charge is 0.472 e. The van der Waals surface area contributed by atoms with Crippen molar-refractivity contribution in [1.29, 1.82) is 0 Å². The van der Waals surface area contributed by atoms with Crippen molar-refractivity contribution in [1.82, 2.24) is 0 Å². The molecule has 0 saturated carbocycles. The summed E-state index contributed by atoms with van der Waals surface area (Å²) < 4.78 is 39.5. The van der Waals surface area contributed by atoms with Crippen LogP contribution < -0.4 is 0 Å². The summed E-state index contributed by atoms with van der Waals surface area (Å²) in [4.78, 5) is 48.6. The molecule has 0 aromatic rings. The van der Waals surface area contributed by atoms with Gasteiger partial charge in [0.05, 0.1) is 19.8 Å². The van der Waals surface area contributed by atoms with Crippen LogP contribution in [0.25, 0.3) is 0 Å². The molecule has 0 spiro atoms. The average Bonchev–Trinajstić information content (AvgIpc) is 3.41. The zero-order chi connectivity index (χ0) is 55.5. The number of hydrogen-bond acceptors (Lipinski definition) is 10. The van der Waals surface area contributed by atoms with Crippen molar-refractivity contribution in [3.8, 4) is 0 Å². The molecule has 0 aliphatic heterocycles. The normalized spacial score (nSPS) is 14.0. The van der Waals surface area contributed by atoms with Crippen molar-refractivity contribution in [2.75, 3.05) is 26.4 Å². The van der Waals surface area contributed by atoms with Gasteiger partial charge < -0.3 is 24.2 Å². The molecule has 12 heteroatoms. The lowest BCUT2D eigenvalue weighted by molar-refractivity contribution is -0.161. The number of esters is 3. The van der Waals surface area contributed by atoms with E-state index >= 15 is 0 Å². The van der Waals surface area contributed by atoms with Gasteiger partial charge in [-0.25, -0.2) is 4.57 Å². The lowest BCUT2D eigenvalue weighted by Gasteiger charge is -2.21. The molecule has 0 fully saturated rings. The Labute approximate surface area is 463 Å². The third-order valence-electron chi connectivity index (χ3n) is 12.5. The topological polar surface area (TPSA) is 155 Å². The fourth-order valence-electron chi connectivity index (χ4n) is 7.95. The highest BCUT2D eigenvalue weighted by Gasteiger charge is 2.28. The summed E-state index contributed by atoms with van der Waals surface area (Å²) in [6.07, 6.45) is 68.1. The van der Waals surface area contributed by atoms with Crippen LogP contribution in [0, 0.1) is 0 Å². The van der Waals surface area contributed by atoms with Gasteiger partial charge in [-0.2, -0.15) is 0 Å². The molecule has 0 aliphatic carbocycles. The number of phosphoric ester groups is 1. The number of carbonyl (C=O) groups is 3. The number of aliphatic hydroxyl groups excluding tert-OH is 1. The molecular weight excluding hydrogens is 976 g/mol. The summed E-state index contributed by atoms with van der Waals surface area (Å²) in [5, 5.41) is 9.81. The van der Waals surface area contributed by atoms with E-state index in [1.54, 1.807) is 0 Å². The second-order valence-corrected chi connectivity index (χ2v) is 21.2. The van der Waals surface area contributed by atoms with Gasteiger partial charge in [0, 0.05) is 19.3 Å². The Balaban J connectivity index is 4.83. The maximum Gasteiger partial charge on any atom is 0.472 e. The molecule has 436 valence electrons. The number of carbonyl (C=O) groups excluding carboxylic acids is 3. The highest BCUT2D eigenvalue weighted by molar-refractivity contribution is 7.47. The van der Waals surface area contributed by atoms with E-state index in [1.165, 1.54) is 83.5 Å². The van der Waals surface area contributed by atoms with Crippen LogP contribution in [0.1, 0.15) is 252 Å². The second-order valence-electron chi connectivity index (χ2n) is 19.8. The van der Waals surface area contributed by atoms with Gasteiger partial charge >= 0.3 is 25.7 Å². The van der Waals surface area contributed by atoms with Crippen molar-refractivity contribution >= 4 is 25.7 Å². The Morgan fingerprint density at radius 2 is 0.737 bits per heavy atom. The molecule has 0 amide bonds. The molecule has 0 saturated heterocycles. The number of allylic oxidation sites excluding steroid dienone is 16. The molecule has 11 nitrogen and oxygen atoms in total. The van der Waals surface area contributed by atoms with Gasteiger partial charge in [-0.05, 0) is 83.5 Å². The minimum atomic E-state index is -4.78. The zero-order valence-corrected chi connectivity index (χ0v) is 49.1. The molecule has 0 heterocycles. The van der Waals surface area contributed by atoms with Gasteiger partial charge in [-0.1, -0.05) is 246 Å². The Morgan fingerprint density at radius 3 is 1.18 bits per heavy atom. The Morgan fingerprint density at radius 1 is 0.382 bits per heavy atom. The molecular formula is C64H109O11P. The predicted octanol–water partition coefficient (Wildman–Crippen LogP) is 18.0. The SMILES string of the molecule is CC/C=C\C/C=C\C/C=C\C/C=C\C/C=C\C/C=C\CCC(=O)OC(COC(=O)CCCCCCCCCCCCCCCCCCC)COP(=O)(O)OCC(CO)OC(=O)CCCCCCC/C=C\C/C=C\CCC. The lowest BCUT2D eigenvalue weighted by Crippen LogP contribution is -2.30. The Hall–Kier alpha value is -3.60. The summed E-state index contributed by atoms with van der Waals surface area (Å²) >= 11 is 0. The summed E-state index contributed by atoms with van der Waals surface area (Å²) in [7, 11) is -4.78. The van der Waals surface area contributed by atoms with Gasteiger partial charge in [-0.15, -0.1) is 0 Å². The van der Waals surface area contributed by atoms with E-state index in [0.717, 1.165) is 103 Å². The first-order valence-electron chi connectivity index (χ1n) is 30.1. The van der Waals surface area contributed by atoms with Gasteiger partial charge in [-0.3, -0.25) is 23.4 Å². The minimum absolute atomic E-state index is 0.0395. The minimum Gasteiger partial charge on any atom is -0.462 e. The molecule has 0 aliphatic rings. The molecule has 0 aromatic heterocycles. The number of rotatable bonds is 55. The van der Waals surface area contributed by atoms with Crippen LogP contribution in [0.4, 0.5) is 0 Å². The van der Waals surface area contributed by atoms with Crippen molar-refractivity contribution in [2.24, 2.45) is 0 Å². The van der Waals surface area contributed by atoms with Crippen LogP contribution in [0.5, 0.6) is 0 Å². The van der Waals surface area contributed by atoms with Gasteiger partial charge in [0.2, 0.25) is 0 Å². The Bertz CT molecular complexity index is 1640. The second kappa shape index (κ2) is 57.6. The first-order valence-corrected chi connectivity index (χ1v) is 31.6. The first kappa shape index (κ1) is 72.4. The van der Waals surface area contributed by atoms with E-state index in [4.69, 9.17) is 23.3 Å². The zero-order valence-electron chi connectivity index (χ0n) is 48.2. The monoisotopic (exact) mass is 1080 g/mol.